The van der Waals surface area contributed by atoms with E-state index in [-0.39, 0.29) is 11.8 Å². The molecule has 0 radical (unpaired) electrons. The zero-order valence-electron chi connectivity index (χ0n) is 11.6. The quantitative estimate of drug-likeness (QED) is 0.853. The van der Waals surface area contributed by atoms with Crippen molar-refractivity contribution >= 4 is 28.6 Å². The van der Waals surface area contributed by atoms with Gasteiger partial charge in [-0.3, -0.25) is 4.79 Å². The van der Waals surface area contributed by atoms with Gasteiger partial charge < -0.3 is 10.6 Å². The van der Waals surface area contributed by atoms with Crippen LogP contribution >= 0.6 is 22.7 Å². The lowest BCUT2D eigenvalue weighted by Crippen LogP contribution is -2.34. The van der Waals surface area contributed by atoms with Gasteiger partial charge in [0.05, 0.1) is 13.1 Å². The largest absolute Gasteiger partial charge is 0.332 e. The smallest absolute Gasteiger partial charge is 0.226 e. The van der Waals surface area contributed by atoms with Gasteiger partial charge in [0, 0.05) is 15.7 Å². The maximum absolute atomic E-state index is 12.6. The molecule has 2 heterocycles. The first-order chi connectivity index (χ1) is 9.70. The number of nitrogens with zero attached hydrogens (tertiary/aromatic N) is 1. The molecule has 0 aliphatic carbocycles. The van der Waals surface area contributed by atoms with E-state index in [4.69, 9.17) is 5.73 Å². The Morgan fingerprint density at radius 1 is 1.20 bits per heavy atom. The highest BCUT2D eigenvalue weighted by Crippen LogP contribution is 2.19. The first-order valence-electron chi connectivity index (χ1n) is 6.74. The topological polar surface area (TPSA) is 46.3 Å². The average molecular weight is 308 g/mol. The third-order valence-electron chi connectivity index (χ3n) is 3.19. The Kier molecular flexibility index (Phi) is 5.76. The van der Waals surface area contributed by atoms with E-state index in [1.807, 2.05) is 34.7 Å². The normalized spacial score (nSPS) is 12.3. The van der Waals surface area contributed by atoms with E-state index >= 15 is 0 Å². The number of carbonyl (C=O) groups is 1. The molecule has 20 heavy (non-hydrogen) atoms. The number of carbonyl (C=O) groups excluding carboxylic acids is 1. The molecule has 5 heteroatoms. The molecule has 2 aromatic heterocycles. The summed E-state index contributed by atoms with van der Waals surface area (Å²) in [6.45, 7) is 3.89. The van der Waals surface area contributed by atoms with Crippen LogP contribution in [0.4, 0.5) is 0 Å². The maximum atomic E-state index is 12.6. The second kappa shape index (κ2) is 7.57. The van der Waals surface area contributed by atoms with E-state index in [1.54, 1.807) is 22.7 Å². The second-order valence-electron chi connectivity index (χ2n) is 4.83. The molecule has 2 rings (SSSR count). The zero-order chi connectivity index (χ0) is 14.4. The predicted octanol–water partition coefficient (Wildman–Crippen LogP) is 3.32. The summed E-state index contributed by atoms with van der Waals surface area (Å²) in [4.78, 5) is 16.9. The molecule has 0 fully saturated rings. The third-order valence-corrected chi connectivity index (χ3v) is 4.91. The molecular formula is C15H20N2OS2. The molecule has 0 bridgehead atoms. The minimum Gasteiger partial charge on any atom is -0.332 e. The summed E-state index contributed by atoms with van der Waals surface area (Å²) in [5.74, 6) is 0.178. The van der Waals surface area contributed by atoms with Crippen LogP contribution in [0.2, 0.25) is 0 Å². The van der Waals surface area contributed by atoms with Crippen LogP contribution in [0.3, 0.4) is 0 Å². The van der Waals surface area contributed by atoms with Gasteiger partial charge in [-0.15, -0.1) is 22.7 Å². The van der Waals surface area contributed by atoms with Gasteiger partial charge in [0.2, 0.25) is 5.91 Å². The van der Waals surface area contributed by atoms with Crippen molar-refractivity contribution in [2.75, 3.05) is 6.54 Å². The van der Waals surface area contributed by atoms with Crippen LogP contribution in [-0.4, -0.2) is 17.4 Å². The van der Waals surface area contributed by atoms with Crippen molar-refractivity contribution in [1.29, 1.82) is 0 Å². The molecule has 1 atom stereocenters. The fraction of sp³-hybridized carbons (Fsp3) is 0.400. The molecule has 2 N–H and O–H groups in total. The van der Waals surface area contributed by atoms with E-state index in [0.29, 0.717) is 19.6 Å². The van der Waals surface area contributed by atoms with Crippen LogP contribution in [0.1, 0.15) is 23.1 Å². The summed E-state index contributed by atoms with van der Waals surface area (Å²) in [6, 6.07) is 8.20. The van der Waals surface area contributed by atoms with Crippen molar-refractivity contribution < 1.29 is 4.79 Å². The Morgan fingerprint density at radius 3 is 2.15 bits per heavy atom. The molecule has 0 aliphatic rings. The number of hydrogen-bond acceptors (Lipinski definition) is 4. The highest BCUT2D eigenvalue weighted by Gasteiger charge is 2.21. The summed E-state index contributed by atoms with van der Waals surface area (Å²) in [7, 11) is 0. The third kappa shape index (κ3) is 4.16. The molecule has 0 saturated carbocycles. The number of hydrogen-bond donors (Lipinski definition) is 1. The summed E-state index contributed by atoms with van der Waals surface area (Å²) < 4.78 is 0. The molecule has 1 unspecified atom stereocenters. The number of rotatable bonds is 7. The standard InChI is InChI=1S/C15H20N2OS2/c1-12(6-7-16)15(18)17(10-13-4-2-8-19-13)11-14-5-3-9-20-14/h2-5,8-9,12H,6-7,10-11,16H2,1H3. The summed E-state index contributed by atoms with van der Waals surface area (Å²) >= 11 is 3.38. The monoisotopic (exact) mass is 308 g/mol. The predicted molar refractivity (Wildman–Crippen MR) is 85.7 cm³/mol. The van der Waals surface area contributed by atoms with Gasteiger partial charge >= 0.3 is 0 Å². The van der Waals surface area contributed by atoms with Gasteiger partial charge in [-0.1, -0.05) is 19.1 Å². The molecular weight excluding hydrogens is 288 g/mol. The lowest BCUT2D eigenvalue weighted by atomic mass is 10.1. The molecule has 2 aromatic rings. The van der Waals surface area contributed by atoms with Crippen LogP contribution < -0.4 is 5.73 Å². The van der Waals surface area contributed by atoms with Crippen LogP contribution in [0.5, 0.6) is 0 Å². The molecule has 3 nitrogen and oxygen atoms in total. The number of amides is 1. The van der Waals surface area contributed by atoms with Crippen LogP contribution in [-0.2, 0) is 17.9 Å². The van der Waals surface area contributed by atoms with Crippen LogP contribution in [0.15, 0.2) is 35.0 Å². The second-order valence-corrected chi connectivity index (χ2v) is 6.90. The van der Waals surface area contributed by atoms with E-state index in [2.05, 4.69) is 12.1 Å². The molecule has 0 saturated heterocycles. The van der Waals surface area contributed by atoms with Crippen LogP contribution in [0.25, 0.3) is 0 Å². The van der Waals surface area contributed by atoms with E-state index in [1.165, 1.54) is 9.75 Å². The minimum atomic E-state index is -0.0140. The molecule has 0 spiro atoms. The van der Waals surface area contributed by atoms with Gasteiger partial charge in [0.1, 0.15) is 0 Å². The molecule has 1 amide bonds. The molecule has 0 aliphatic heterocycles. The van der Waals surface area contributed by atoms with Crippen LogP contribution in [0, 0.1) is 5.92 Å². The SMILES string of the molecule is CC(CCN)C(=O)N(Cc1cccs1)Cc1cccs1. The van der Waals surface area contributed by atoms with E-state index in [9.17, 15) is 4.79 Å². The fourth-order valence-corrected chi connectivity index (χ4v) is 3.52. The highest BCUT2D eigenvalue weighted by atomic mass is 32.1. The van der Waals surface area contributed by atoms with Crippen molar-refractivity contribution in [1.82, 2.24) is 4.90 Å². The van der Waals surface area contributed by atoms with Crippen molar-refractivity contribution in [2.45, 2.75) is 26.4 Å². The summed E-state index contributed by atoms with van der Waals surface area (Å²) in [5, 5.41) is 4.10. The Labute approximate surface area is 128 Å². The first-order valence-corrected chi connectivity index (χ1v) is 8.50. The lowest BCUT2D eigenvalue weighted by molar-refractivity contribution is -0.136. The van der Waals surface area contributed by atoms with Gasteiger partial charge in [0.15, 0.2) is 0 Å². The van der Waals surface area contributed by atoms with Gasteiger partial charge in [-0.25, -0.2) is 0 Å². The highest BCUT2D eigenvalue weighted by molar-refractivity contribution is 7.10. The Morgan fingerprint density at radius 2 is 1.75 bits per heavy atom. The van der Waals surface area contributed by atoms with E-state index < -0.39 is 0 Å². The molecule has 108 valence electrons. The van der Waals surface area contributed by atoms with Crippen molar-refractivity contribution in [3.63, 3.8) is 0 Å². The van der Waals surface area contributed by atoms with E-state index in [0.717, 1.165) is 6.42 Å². The maximum Gasteiger partial charge on any atom is 0.226 e. The van der Waals surface area contributed by atoms with Gasteiger partial charge in [-0.2, -0.15) is 0 Å². The minimum absolute atomic E-state index is 0.0140. The Balaban J connectivity index is 2.08. The number of thiophene rings is 2. The van der Waals surface area contributed by atoms with Crippen molar-refractivity contribution in [3.05, 3.63) is 44.8 Å². The fourth-order valence-electron chi connectivity index (χ4n) is 2.08. The van der Waals surface area contributed by atoms with Gasteiger partial charge in [-0.05, 0) is 35.9 Å². The molecule has 0 aromatic carbocycles. The Bertz CT molecular complexity index is 472. The van der Waals surface area contributed by atoms with Gasteiger partial charge in [0.25, 0.3) is 0 Å². The summed E-state index contributed by atoms with van der Waals surface area (Å²) in [5.41, 5.74) is 5.57. The average Bonchev–Trinajstić information content (AvgIpc) is 3.10. The zero-order valence-corrected chi connectivity index (χ0v) is 13.3. The summed E-state index contributed by atoms with van der Waals surface area (Å²) in [6.07, 6.45) is 0.740. The van der Waals surface area contributed by atoms with Crippen molar-refractivity contribution in [3.8, 4) is 0 Å². The van der Waals surface area contributed by atoms with Crippen molar-refractivity contribution in [2.24, 2.45) is 11.7 Å². The first kappa shape index (κ1) is 15.2. The lowest BCUT2D eigenvalue weighted by Gasteiger charge is -2.25. The number of nitrogens with two attached hydrogens (primary N) is 1. The Hall–Kier alpha value is -1.17.